The summed E-state index contributed by atoms with van der Waals surface area (Å²) in [4.78, 5) is 49.0. The van der Waals surface area contributed by atoms with Gasteiger partial charge in [-0.3, -0.25) is 14.6 Å². The molecule has 0 saturated carbocycles. The second-order valence-corrected chi connectivity index (χ2v) is 10.6. The van der Waals surface area contributed by atoms with Gasteiger partial charge in [0.05, 0.1) is 29.6 Å². The van der Waals surface area contributed by atoms with Crippen molar-refractivity contribution in [3.05, 3.63) is 106 Å². The second-order valence-electron chi connectivity index (χ2n) is 10.2. The SMILES string of the molecule is N[N+]12C=CN=CC1=C(C1CCCCN1C(=O)c1ccnc(Cl)n1)N=C2c1ccc(C(=O)Nc2cc(C(F)(F)F)ccn2)cc1. The summed E-state index contributed by atoms with van der Waals surface area (Å²) in [5.74, 6) is 6.15. The zero-order valence-corrected chi connectivity index (χ0v) is 23.6. The number of hydrogen-bond acceptors (Lipinski definition) is 8. The van der Waals surface area contributed by atoms with E-state index in [-0.39, 0.29) is 32.9 Å². The molecule has 5 heterocycles. The second kappa shape index (κ2) is 11.4. The highest BCUT2D eigenvalue weighted by molar-refractivity contribution is 6.28. The molecule has 1 saturated heterocycles. The van der Waals surface area contributed by atoms with Crippen molar-refractivity contribution < 1.29 is 27.4 Å². The first kappa shape index (κ1) is 29.3. The molecule has 3 aliphatic heterocycles. The van der Waals surface area contributed by atoms with Crippen molar-refractivity contribution in [3.63, 3.8) is 0 Å². The third-order valence-electron chi connectivity index (χ3n) is 7.48. The van der Waals surface area contributed by atoms with Crippen molar-refractivity contribution in [1.82, 2.24) is 19.9 Å². The molecule has 11 nitrogen and oxygen atoms in total. The lowest BCUT2D eigenvalue weighted by molar-refractivity contribution is -0.750. The molecule has 44 heavy (non-hydrogen) atoms. The predicted molar refractivity (Wildman–Crippen MR) is 155 cm³/mol. The van der Waals surface area contributed by atoms with Gasteiger partial charge >= 0.3 is 6.18 Å². The van der Waals surface area contributed by atoms with E-state index in [1.807, 2.05) is 0 Å². The molecule has 0 spiro atoms. The Morgan fingerprint density at radius 2 is 1.84 bits per heavy atom. The third-order valence-corrected chi connectivity index (χ3v) is 7.66. The van der Waals surface area contributed by atoms with Gasteiger partial charge in [0, 0.05) is 24.5 Å². The summed E-state index contributed by atoms with van der Waals surface area (Å²) in [7, 11) is 0. The number of pyridine rings is 1. The number of alkyl halides is 3. The number of quaternary nitrogens is 1. The number of halogens is 4. The Bertz CT molecular complexity index is 1770. The number of benzene rings is 1. The molecule has 2 unspecified atom stereocenters. The van der Waals surface area contributed by atoms with Crippen LogP contribution in [0.25, 0.3) is 0 Å². The highest BCUT2D eigenvalue weighted by atomic mass is 35.5. The van der Waals surface area contributed by atoms with Crippen LogP contribution in [-0.4, -0.2) is 60.9 Å². The number of aromatic nitrogens is 3. The molecule has 6 rings (SSSR count). The van der Waals surface area contributed by atoms with Gasteiger partial charge in [-0.15, -0.1) is 4.59 Å². The van der Waals surface area contributed by atoms with Crippen LogP contribution in [0.4, 0.5) is 19.0 Å². The average molecular weight is 623 g/mol. The summed E-state index contributed by atoms with van der Waals surface area (Å²) in [6.45, 7) is 0.481. The van der Waals surface area contributed by atoms with E-state index >= 15 is 0 Å². The topological polar surface area (TPSA) is 139 Å². The van der Waals surface area contributed by atoms with Crippen LogP contribution in [0, 0.1) is 0 Å². The van der Waals surface area contributed by atoms with E-state index < -0.39 is 23.7 Å². The van der Waals surface area contributed by atoms with Gasteiger partial charge in [-0.1, -0.05) is 0 Å². The Labute approximate surface area is 253 Å². The van der Waals surface area contributed by atoms with Crippen molar-refractivity contribution >= 4 is 41.3 Å². The van der Waals surface area contributed by atoms with Crippen LogP contribution in [0.3, 0.4) is 0 Å². The summed E-state index contributed by atoms with van der Waals surface area (Å²) in [5.41, 5.74) is 1.19. The number of hydrogen-bond donors (Lipinski definition) is 2. The van der Waals surface area contributed by atoms with Gasteiger partial charge in [0.2, 0.25) is 11.0 Å². The molecule has 3 N–H and O–H groups in total. The van der Waals surface area contributed by atoms with E-state index in [0.717, 1.165) is 31.2 Å². The highest BCUT2D eigenvalue weighted by Crippen LogP contribution is 2.37. The molecule has 0 radical (unpaired) electrons. The zero-order valence-electron chi connectivity index (χ0n) is 22.9. The number of piperidine rings is 1. The Hall–Kier alpha value is -4.79. The number of likely N-dealkylation sites (tertiary alicyclic amines) is 1. The van der Waals surface area contributed by atoms with Crippen LogP contribution in [0.2, 0.25) is 5.28 Å². The summed E-state index contributed by atoms with van der Waals surface area (Å²) in [6, 6.07) is 9.00. The maximum atomic E-state index is 13.5. The Morgan fingerprint density at radius 3 is 2.59 bits per heavy atom. The predicted octanol–water partition coefficient (Wildman–Crippen LogP) is 4.71. The Kier molecular flexibility index (Phi) is 7.57. The number of fused-ring (bicyclic) bond motifs is 1. The van der Waals surface area contributed by atoms with Gasteiger partial charge in [0.25, 0.3) is 17.6 Å². The molecule has 224 valence electrons. The number of nitrogens with two attached hydrogens (primary N) is 1. The third kappa shape index (κ3) is 5.50. The minimum atomic E-state index is -4.57. The van der Waals surface area contributed by atoms with Crippen molar-refractivity contribution in [2.75, 3.05) is 11.9 Å². The first-order valence-electron chi connectivity index (χ1n) is 13.5. The normalized spacial score (nSPS) is 21.2. The molecule has 0 bridgehead atoms. The molecular formula is C29H24ClF3N9O2+. The van der Waals surface area contributed by atoms with Gasteiger partial charge in [-0.25, -0.2) is 15.0 Å². The lowest BCUT2D eigenvalue weighted by atomic mass is 9.97. The van der Waals surface area contributed by atoms with Gasteiger partial charge < -0.3 is 10.2 Å². The van der Waals surface area contributed by atoms with Crippen molar-refractivity contribution in [2.24, 2.45) is 15.8 Å². The summed E-state index contributed by atoms with van der Waals surface area (Å²) >= 11 is 5.94. The number of carbonyl (C=O) groups excluding carboxylic acids is 2. The van der Waals surface area contributed by atoms with Crippen molar-refractivity contribution in [2.45, 2.75) is 31.5 Å². The number of amidine groups is 1. The molecular weight excluding hydrogens is 599 g/mol. The van der Waals surface area contributed by atoms with Gasteiger partial charge in [-0.05, 0) is 73.3 Å². The quantitative estimate of drug-likeness (QED) is 0.240. The van der Waals surface area contributed by atoms with E-state index in [0.29, 0.717) is 35.8 Å². The number of allylic oxidation sites excluding steroid dienone is 1. The fraction of sp³-hybridized carbons (Fsp3) is 0.207. The van der Waals surface area contributed by atoms with E-state index in [2.05, 4.69) is 25.3 Å². The minimum absolute atomic E-state index is 0.0296. The molecule has 3 aromatic rings. The van der Waals surface area contributed by atoms with E-state index in [4.69, 9.17) is 22.4 Å². The van der Waals surface area contributed by atoms with E-state index in [1.54, 1.807) is 35.6 Å². The number of anilines is 1. The lowest BCUT2D eigenvalue weighted by Gasteiger charge is -2.35. The summed E-state index contributed by atoms with van der Waals surface area (Å²) < 4.78 is 38.9. The number of carbonyl (C=O) groups is 2. The van der Waals surface area contributed by atoms with Gasteiger partial charge in [0.1, 0.15) is 23.4 Å². The molecule has 1 aromatic carbocycles. The van der Waals surface area contributed by atoms with Gasteiger partial charge in [-0.2, -0.15) is 24.0 Å². The molecule has 3 aliphatic rings. The number of aliphatic imine (C=N–C) groups is 2. The molecule has 15 heteroatoms. The fourth-order valence-electron chi connectivity index (χ4n) is 5.35. The summed E-state index contributed by atoms with van der Waals surface area (Å²) in [5, 5.41) is 2.36. The van der Waals surface area contributed by atoms with Crippen LogP contribution >= 0.6 is 11.6 Å². The molecule has 2 amide bonds. The maximum Gasteiger partial charge on any atom is 0.416 e. The maximum absolute atomic E-state index is 13.5. The van der Waals surface area contributed by atoms with Gasteiger partial charge in [0.15, 0.2) is 0 Å². The standard InChI is InChI=1S/C29H23ClF3N9O2/c30-28-37-11-9-20(38-28)27(44)41-13-2-1-3-21(41)24-22-16-35-12-14-42(22,34)25(40-24)17-4-6-18(7-5-17)26(43)39-23-15-19(8-10-36-23)29(31,32)33/h4-12,14-16,21H,1-3,13,34H2/p+1. The van der Waals surface area contributed by atoms with E-state index in [1.165, 1.54) is 24.4 Å². The number of amides is 2. The smallest absolute Gasteiger partial charge is 0.328 e. The number of rotatable bonds is 5. The van der Waals surface area contributed by atoms with Crippen LogP contribution in [0.5, 0.6) is 0 Å². The van der Waals surface area contributed by atoms with E-state index in [9.17, 15) is 22.8 Å². The molecule has 2 aromatic heterocycles. The fourth-order valence-corrected chi connectivity index (χ4v) is 5.49. The van der Waals surface area contributed by atoms with Crippen LogP contribution in [-0.2, 0) is 6.18 Å². The first-order chi connectivity index (χ1) is 21.0. The van der Waals surface area contributed by atoms with Crippen LogP contribution < -0.4 is 11.2 Å². The Morgan fingerprint density at radius 1 is 1.07 bits per heavy atom. The first-order valence-corrected chi connectivity index (χ1v) is 13.9. The number of nitrogens with one attached hydrogen (secondary N) is 1. The highest BCUT2D eigenvalue weighted by Gasteiger charge is 2.48. The zero-order chi connectivity index (χ0) is 31.1. The largest absolute Gasteiger partial charge is 0.416 e. The molecule has 2 atom stereocenters. The van der Waals surface area contributed by atoms with Crippen molar-refractivity contribution in [3.8, 4) is 0 Å². The minimum Gasteiger partial charge on any atom is -0.328 e. The lowest BCUT2D eigenvalue weighted by Crippen LogP contribution is -2.53. The molecule has 0 aliphatic carbocycles. The average Bonchev–Trinajstić information content (AvgIpc) is 3.33. The molecule has 1 fully saturated rings. The summed E-state index contributed by atoms with van der Waals surface area (Å²) in [6.07, 6.45) is 4.98. The monoisotopic (exact) mass is 622 g/mol. The Balaban J connectivity index is 1.28. The van der Waals surface area contributed by atoms with Crippen LogP contribution in [0.1, 0.15) is 51.2 Å². The van der Waals surface area contributed by atoms with Crippen molar-refractivity contribution in [1.29, 1.82) is 0 Å². The number of nitrogens with zero attached hydrogens (tertiary/aromatic N) is 7. The van der Waals surface area contributed by atoms with Crippen LogP contribution in [0.15, 0.2) is 88.6 Å².